The first-order chi connectivity index (χ1) is 10.6. The van der Waals surface area contributed by atoms with Crippen LogP contribution >= 0.6 is 11.6 Å². The van der Waals surface area contributed by atoms with Gasteiger partial charge in [-0.1, -0.05) is 52.7 Å². The zero-order valence-corrected chi connectivity index (χ0v) is 13.0. The zero-order valence-electron chi connectivity index (χ0n) is 12.2. The molecule has 0 unspecified atom stereocenters. The van der Waals surface area contributed by atoms with Gasteiger partial charge in [-0.15, -0.1) is 5.10 Å². The SMILES string of the molecule is Cc1ccc(-c2c(C=O)nnn2-c2ccc(C)c(Cl)c2)cc1. The molecule has 5 heteroatoms. The van der Waals surface area contributed by atoms with Gasteiger partial charge in [-0.05, 0) is 31.5 Å². The van der Waals surface area contributed by atoms with E-state index in [1.807, 2.05) is 56.3 Å². The van der Waals surface area contributed by atoms with E-state index in [0.717, 1.165) is 22.4 Å². The second-order valence-corrected chi connectivity index (χ2v) is 5.56. The molecule has 22 heavy (non-hydrogen) atoms. The highest BCUT2D eigenvalue weighted by Gasteiger charge is 2.16. The predicted octanol–water partition coefficient (Wildman–Crippen LogP) is 4.02. The van der Waals surface area contributed by atoms with Crippen molar-refractivity contribution in [2.75, 3.05) is 0 Å². The van der Waals surface area contributed by atoms with Crippen molar-refractivity contribution in [2.45, 2.75) is 13.8 Å². The highest BCUT2D eigenvalue weighted by molar-refractivity contribution is 6.31. The van der Waals surface area contributed by atoms with Crippen LogP contribution in [0.2, 0.25) is 5.02 Å². The van der Waals surface area contributed by atoms with Crippen molar-refractivity contribution in [3.8, 4) is 16.9 Å². The molecule has 1 heterocycles. The average Bonchev–Trinajstić information content (AvgIpc) is 2.95. The molecule has 2 aromatic carbocycles. The van der Waals surface area contributed by atoms with Crippen LogP contribution in [0.4, 0.5) is 0 Å². The van der Waals surface area contributed by atoms with Crippen molar-refractivity contribution >= 4 is 17.9 Å². The van der Waals surface area contributed by atoms with Crippen molar-refractivity contribution in [1.29, 1.82) is 0 Å². The number of aromatic nitrogens is 3. The van der Waals surface area contributed by atoms with Crippen molar-refractivity contribution < 1.29 is 4.79 Å². The summed E-state index contributed by atoms with van der Waals surface area (Å²) in [6.45, 7) is 3.95. The van der Waals surface area contributed by atoms with Crippen molar-refractivity contribution in [3.05, 3.63) is 64.3 Å². The summed E-state index contributed by atoms with van der Waals surface area (Å²) in [7, 11) is 0. The molecule has 0 aliphatic rings. The van der Waals surface area contributed by atoms with Gasteiger partial charge in [0.05, 0.1) is 5.69 Å². The Morgan fingerprint density at radius 1 is 1.09 bits per heavy atom. The van der Waals surface area contributed by atoms with Gasteiger partial charge in [0.2, 0.25) is 0 Å². The summed E-state index contributed by atoms with van der Waals surface area (Å²) < 4.78 is 1.64. The number of benzene rings is 2. The molecule has 0 N–H and O–H groups in total. The molecule has 0 bridgehead atoms. The first-order valence-corrected chi connectivity index (χ1v) is 7.22. The number of aryl methyl sites for hydroxylation is 2. The van der Waals surface area contributed by atoms with Crippen molar-refractivity contribution in [3.63, 3.8) is 0 Å². The van der Waals surface area contributed by atoms with Crippen LogP contribution in [-0.2, 0) is 0 Å². The van der Waals surface area contributed by atoms with E-state index in [1.54, 1.807) is 4.68 Å². The van der Waals surface area contributed by atoms with Gasteiger partial charge >= 0.3 is 0 Å². The Balaban J connectivity index is 2.20. The minimum atomic E-state index is 0.306. The summed E-state index contributed by atoms with van der Waals surface area (Å²) in [6, 6.07) is 13.5. The highest BCUT2D eigenvalue weighted by Crippen LogP contribution is 2.27. The summed E-state index contributed by atoms with van der Waals surface area (Å²) in [5.41, 5.74) is 4.75. The molecule has 0 aliphatic heterocycles. The van der Waals surface area contributed by atoms with Crippen molar-refractivity contribution in [2.24, 2.45) is 0 Å². The zero-order chi connectivity index (χ0) is 15.7. The third-order valence-electron chi connectivity index (χ3n) is 3.53. The van der Waals surface area contributed by atoms with Crippen LogP contribution in [0, 0.1) is 13.8 Å². The molecular weight excluding hydrogens is 298 g/mol. The molecule has 0 radical (unpaired) electrons. The fourth-order valence-corrected chi connectivity index (χ4v) is 2.42. The largest absolute Gasteiger partial charge is 0.296 e. The van der Waals surface area contributed by atoms with Gasteiger partial charge in [0.15, 0.2) is 12.0 Å². The summed E-state index contributed by atoms with van der Waals surface area (Å²) in [6.07, 6.45) is 0.717. The Hall–Kier alpha value is -2.46. The summed E-state index contributed by atoms with van der Waals surface area (Å²) >= 11 is 6.19. The molecule has 0 amide bonds. The number of aldehydes is 1. The number of carbonyl (C=O) groups is 1. The van der Waals surface area contributed by atoms with Crippen LogP contribution < -0.4 is 0 Å². The van der Waals surface area contributed by atoms with E-state index in [1.165, 1.54) is 0 Å². The molecule has 0 saturated carbocycles. The third-order valence-corrected chi connectivity index (χ3v) is 3.94. The fourth-order valence-electron chi connectivity index (χ4n) is 2.25. The van der Waals surface area contributed by atoms with E-state index >= 15 is 0 Å². The topological polar surface area (TPSA) is 47.8 Å². The third kappa shape index (κ3) is 2.53. The first kappa shape index (κ1) is 14.5. The van der Waals surface area contributed by atoms with Gasteiger partial charge in [-0.2, -0.15) is 0 Å². The van der Waals surface area contributed by atoms with E-state index in [-0.39, 0.29) is 0 Å². The molecule has 4 nitrogen and oxygen atoms in total. The van der Waals surface area contributed by atoms with E-state index in [2.05, 4.69) is 10.3 Å². The average molecular weight is 312 g/mol. The Morgan fingerprint density at radius 3 is 2.45 bits per heavy atom. The van der Waals surface area contributed by atoms with Crippen LogP contribution in [0.5, 0.6) is 0 Å². The number of halogens is 1. The van der Waals surface area contributed by atoms with Crippen LogP contribution in [0.1, 0.15) is 21.6 Å². The maximum absolute atomic E-state index is 11.3. The normalized spacial score (nSPS) is 10.7. The molecule has 0 spiro atoms. The molecule has 3 rings (SSSR count). The quantitative estimate of drug-likeness (QED) is 0.686. The number of nitrogens with zero attached hydrogens (tertiary/aromatic N) is 3. The molecule has 0 fully saturated rings. The Kier molecular flexibility index (Phi) is 3.77. The lowest BCUT2D eigenvalue weighted by atomic mass is 10.1. The number of hydrogen-bond donors (Lipinski definition) is 0. The van der Waals surface area contributed by atoms with E-state index in [4.69, 9.17) is 11.6 Å². The van der Waals surface area contributed by atoms with Gasteiger partial charge in [-0.3, -0.25) is 4.79 Å². The second-order valence-electron chi connectivity index (χ2n) is 5.15. The highest BCUT2D eigenvalue weighted by atomic mass is 35.5. The Bertz CT molecular complexity index is 838. The molecule has 0 saturated heterocycles. The lowest BCUT2D eigenvalue weighted by Crippen LogP contribution is -2.00. The van der Waals surface area contributed by atoms with Gasteiger partial charge in [0.25, 0.3) is 0 Å². The lowest BCUT2D eigenvalue weighted by molar-refractivity contribution is 0.111. The van der Waals surface area contributed by atoms with Gasteiger partial charge in [0, 0.05) is 10.6 Å². The number of rotatable bonds is 3. The molecule has 0 aliphatic carbocycles. The minimum absolute atomic E-state index is 0.306. The van der Waals surface area contributed by atoms with Crippen molar-refractivity contribution in [1.82, 2.24) is 15.0 Å². The summed E-state index contributed by atoms with van der Waals surface area (Å²) in [5, 5.41) is 8.72. The molecule has 0 atom stereocenters. The molecular formula is C17H14ClN3O. The molecule has 1 aromatic heterocycles. The number of hydrogen-bond acceptors (Lipinski definition) is 3. The van der Waals surface area contributed by atoms with Crippen LogP contribution in [0.25, 0.3) is 16.9 Å². The Labute approximate surface area is 133 Å². The fraction of sp³-hybridized carbons (Fsp3) is 0.118. The van der Waals surface area contributed by atoms with E-state index in [9.17, 15) is 4.79 Å². The number of carbonyl (C=O) groups excluding carboxylic acids is 1. The van der Waals surface area contributed by atoms with Crippen LogP contribution in [0.15, 0.2) is 42.5 Å². The Morgan fingerprint density at radius 2 is 1.82 bits per heavy atom. The van der Waals surface area contributed by atoms with E-state index < -0.39 is 0 Å². The van der Waals surface area contributed by atoms with Crippen LogP contribution in [0.3, 0.4) is 0 Å². The maximum Gasteiger partial charge on any atom is 0.172 e. The summed E-state index contributed by atoms with van der Waals surface area (Å²) in [5.74, 6) is 0. The molecule has 3 aromatic rings. The van der Waals surface area contributed by atoms with E-state index in [0.29, 0.717) is 22.7 Å². The van der Waals surface area contributed by atoms with Crippen LogP contribution in [-0.4, -0.2) is 21.3 Å². The standard InChI is InChI=1S/C17H14ClN3O/c1-11-3-6-13(7-4-11)17-16(10-22)19-20-21(17)14-8-5-12(2)15(18)9-14/h3-10H,1-2H3. The lowest BCUT2D eigenvalue weighted by Gasteiger charge is -2.09. The summed E-state index contributed by atoms with van der Waals surface area (Å²) in [4.78, 5) is 11.3. The maximum atomic E-state index is 11.3. The smallest absolute Gasteiger partial charge is 0.172 e. The monoisotopic (exact) mass is 311 g/mol. The van der Waals surface area contributed by atoms with Gasteiger partial charge in [0.1, 0.15) is 5.69 Å². The van der Waals surface area contributed by atoms with Gasteiger partial charge in [-0.25, -0.2) is 4.68 Å². The minimum Gasteiger partial charge on any atom is -0.296 e. The molecule has 110 valence electrons. The first-order valence-electron chi connectivity index (χ1n) is 6.84. The van der Waals surface area contributed by atoms with Gasteiger partial charge < -0.3 is 0 Å². The second kappa shape index (κ2) is 5.73. The predicted molar refractivity (Wildman–Crippen MR) is 86.7 cm³/mol.